The van der Waals surface area contributed by atoms with Gasteiger partial charge in [-0.25, -0.2) is 0 Å². The molecule has 0 bridgehead atoms. The summed E-state index contributed by atoms with van der Waals surface area (Å²) in [4.78, 5) is 3.79. The van der Waals surface area contributed by atoms with Gasteiger partial charge < -0.3 is 0 Å². The highest BCUT2D eigenvalue weighted by Crippen LogP contribution is 2.14. The van der Waals surface area contributed by atoms with Crippen molar-refractivity contribution in [1.29, 1.82) is 0 Å². The zero-order valence-corrected chi connectivity index (χ0v) is 15.3. The summed E-state index contributed by atoms with van der Waals surface area (Å²) < 4.78 is 0. The summed E-state index contributed by atoms with van der Waals surface area (Å²) in [6.07, 6.45) is 4.07. The van der Waals surface area contributed by atoms with Gasteiger partial charge in [0.1, 0.15) is 0 Å². The highest BCUT2D eigenvalue weighted by Gasteiger charge is 2.15. The Hall–Kier alpha value is -1.78. The van der Waals surface area contributed by atoms with Crippen molar-refractivity contribution in [2.45, 2.75) is 18.4 Å². The van der Waals surface area contributed by atoms with Gasteiger partial charge in [0, 0.05) is 37.6 Å². The molecule has 0 unspecified atom stereocenters. The molecule has 1 fully saturated rings. The molecule has 3 rings (SSSR count). The highest BCUT2D eigenvalue weighted by atomic mass is 32.2. The summed E-state index contributed by atoms with van der Waals surface area (Å²) in [7, 11) is 0. The third kappa shape index (κ3) is 4.86. The fourth-order valence-corrected chi connectivity index (χ4v) is 3.21. The second-order valence-electron chi connectivity index (χ2n) is 6.23. The van der Waals surface area contributed by atoms with Crippen LogP contribution in [-0.4, -0.2) is 48.6 Å². The number of aryl methyl sites for hydroxylation is 1. The van der Waals surface area contributed by atoms with E-state index in [2.05, 4.69) is 76.7 Å². The van der Waals surface area contributed by atoms with Gasteiger partial charge in [-0.1, -0.05) is 42.0 Å². The maximum absolute atomic E-state index is 4.64. The maximum atomic E-state index is 4.64. The van der Waals surface area contributed by atoms with Gasteiger partial charge in [0.15, 0.2) is 0 Å². The van der Waals surface area contributed by atoms with E-state index in [9.17, 15) is 0 Å². The third-order valence-electron chi connectivity index (χ3n) is 4.36. The molecule has 0 radical (unpaired) electrons. The number of nitrogens with zero attached hydrogens (tertiary/aromatic N) is 3. The summed E-state index contributed by atoms with van der Waals surface area (Å²) in [6.45, 7) is 7.28. The lowest BCUT2D eigenvalue weighted by Gasteiger charge is -2.33. The minimum atomic E-state index is 0.991. The molecule has 0 aromatic heterocycles. The summed E-state index contributed by atoms with van der Waals surface area (Å²) in [6, 6.07) is 17.4. The smallest absolute Gasteiger partial charge is 0.0542 e. The first-order chi connectivity index (χ1) is 11.7. The monoisotopic (exact) mass is 339 g/mol. The van der Waals surface area contributed by atoms with Crippen LogP contribution < -0.4 is 0 Å². The fraction of sp³-hybridized carbons (Fsp3) is 0.350. The molecular weight excluding hydrogens is 314 g/mol. The van der Waals surface area contributed by atoms with Gasteiger partial charge in [-0.05, 0) is 36.4 Å². The predicted molar refractivity (Wildman–Crippen MR) is 104 cm³/mol. The Morgan fingerprint density at radius 1 is 0.958 bits per heavy atom. The molecule has 0 aliphatic carbocycles. The van der Waals surface area contributed by atoms with Crippen LogP contribution in [0, 0.1) is 6.92 Å². The fourth-order valence-electron chi connectivity index (χ4n) is 2.80. The van der Waals surface area contributed by atoms with Crippen molar-refractivity contribution >= 4 is 18.0 Å². The van der Waals surface area contributed by atoms with Crippen LogP contribution in [0.5, 0.6) is 0 Å². The Bertz CT molecular complexity index is 656. The van der Waals surface area contributed by atoms with E-state index in [0.717, 1.165) is 38.3 Å². The van der Waals surface area contributed by atoms with Crippen molar-refractivity contribution in [3.8, 4) is 0 Å². The molecule has 0 atom stereocenters. The topological polar surface area (TPSA) is 18.8 Å². The van der Waals surface area contributed by atoms with Gasteiger partial charge in [-0.3, -0.25) is 9.91 Å². The van der Waals surface area contributed by atoms with Crippen LogP contribution in [0.25, 0.3) is 0 Å². The molecule has 2 aromatic rings. The van der Waals surface area contributed by atoms with E-state index < -0.39 is 0 Å². The number of hydrogen-bond acceptors (Lipinski definition) is 4. The molecule has 1 heterocycles. The molecule has 0 amide bonds. The number of rotatable bonds is 5. The molecule has 3 nitrogen and oxygen atoms in total. The number of benzene rings is 2. The van der Waals surface area contributed by atoms with E-state index in [-0.39, 0.29) is 0 Å². The van der Waals surface area contributed by atoms with Crippen LogP contribution in [-0.2, 0) is 6.54 Å². The molecule has 24 heavy (non-hydrogen) atoms. The minimum absolute atomic E-state index is 0.991. The second kappa shape index (κ2) is 8.36. The largest absolute Gasteiger partial charge is 0.295 e. The van der Waals surface area contributed by atoms with Crippen molar-refractivity contribution < 1.29 is 0 Å². The van der Waals surface area contributed by atoms with Crippen molar-refractivity contribution in [2.75, 3.05) is 32.4 Å². The zero-order valence-electron chi connectivity index (χ0n) is 14.5. The average molecular weight is 340 g/mol. The Kier molecular flexibility index (Phi) is 5.94. The predicted octanol–water partition coefficient (Wildman–Crippen LogP) is 3.87. The first-order valence-electron chi connectivity index (χ1n) is 8.44. The van der Waals surface area contributed by atoms with Crippen molar-refractivity contribution in [1.82, 2.24) is 9.91 Å². The molecule has 2 aromatic carbocycles. The second-order valence-corrected chi connectivity index (χ2v) is 7.11. The molecule has 0 spiro atoms. The Morgan fingerprint density at radius 2 is 1.62 bits per heavy atom. The van der Waals surface area contributed by atoms with Crippen LogP contribution in [0.3, 0.4) is 0 Å². The molecular formula is C20H25N3S. The van der Waals surface area contributed by atoms with Crippen molar-refractivity contribution in [3.05, 3.63) is 65.2 Å². The molecule has 0 saturated carbocycles. The molecule has 1 aliphatic heterocycles. The van der Waals surface area contributed by atoms with E-state index in [1.54, 1.807) is 11.8 Å². The Labute approximate surface area is 149 Å². The van der Waals surface area contributed by atoms with Gasteiger partial charge in [0.25, 0.3) is 0 Å². The number of thioether (sulfide) groups is 1. The number of hydrazone groups is 1. The first-order valence-corrected chi connectivity index (χ1v) is 9.66. The van der Waals surface area contributed by atoms with Crippen LogP contribution in [0.2, 0.25) is 0 Å². The van der Waals surface area contributed by atoms with E-state index in [0.29, 0.717) is 0 Å². The average Bonchev–Trinajstić information content (AvgIpc) is 2.63. The normalized spacial score (nSPS) is 16.0. The van der Waals surface area contributed by atoms with Crippen LogP contribution in [0.1, 0.15) is 16.7 Å². The summed E-state index contributed by atoms with van der Waals surface area (Å²) in [5.74, 6) is 0. The lowest BCUT2D eigenvalue weighted by atomic mass is 10.1. The van der Waals surface area contributed by atoms with Crippen molar-refractivity contribution in [3.63, 3.8) is 0 Å². The summed E-state index contributed by atoms with van der Waals surface area (Å²) >= 11 is 1.76. The minimum Gasteiger partial charge on any atom is -0.295 e. The standard InChI is InChI=1S/C20H25N3S/c1-17-3-5-19(6-4-17)16-22-11-13-23(14-12-22)21-15-18-7-9-20(24-2)10-8-18/h3-10,15H,11-14,16H2,1-2H3/b21-15-. The van der Waals surface area contributed by atoms with E-state index in [1.165, 1.54) is 16.0 Å². The summed E-state index contributed by atoms with van der Waals surface area (Å²) in [5, 5.41) is 6.81. The van der Waals surface area contributed by atoms with Gasteiger partial charge in [0.05, 0.1) is 6.21 Å². The van der Waals surface area contributed by atoms with E-state index in [1.807, 2.05) is 6.21 Å². The van der Waals surface area contributed by atoms with Crippen LogP contribution in [0.15, 0.2) is 58.5 Å². The Morgan fingerprint density at radius 3 is 2.25 bits per heavy atom. The maximum Gasteiger partial charge on any atom is 0.0542 e. The van der Waals surface area contributed by atoms with Gasteiger partial charge in [-0.2, -0.15) is 5.10 Å². The highest BCUT2D eigenvalue weighted by molar-refractivity contribution is 7.98. The molecule has 4 heteroatoms. The van der Waals surface area contributed by atoms with Gasteiger partial charge in [-0.15, -0.1) is 11.8 Å². The van der Waals surface area contributed by atoms with Gasteiger partial charge >= 0.3 is 0 Å². The first kappa shape index (κ1) is 17.1. The zero-order chi connectivity index (χ0) is 16.8. The summed E-state index contributed by atoms with van der Waals surface area (Å²) in [5.41, 5.74) is 3.88. The van der Waals surface area contributed by atoms with Crippen molar-refractivity contribution in [2.24, 2.45) is 5.10 Å². The SMILES string of the molecule is CSc1ccc(/C=N\N2CCN(Cc3ccc(C)cc3)CC2)cc1. The molecule has 0 N–H and O–H groups in total. The lowest BCUT2D eigenvalue weighted by Crippen LogP contribution is -2.43. The molecule has 1 aliphatic rings. The third-order valence-corrected chi connectivity index (χ3v) is 5.10. The van der Waals surface area contributed by atoms with Gasteiger partial charge in [0.2, 0.25) is 0 Å². The molecule has 1 saturated heterocycles. The van der Waals surface area contributed by atoms with E-state index in [4.69, 9.17) is 0 Å². The van der Waals surface area contributed by atoms with E-state index >= 15 is 0 Å². The van der Waals surface area contributed by atoms with Crippen LogP contribution in [0.4, 0.5) is 0 Å². The number of hydrogen-bond donors (Lipinski definition) is 0. The molecule has 126 valence electrons. The van der Waals surface area contributed by atoms with Crippen LogP contribution >= 0.6 is 11.8 Å². The number of piperazine rings is 1. The lowest BCUT2D eigenvalue weighted by molar-refractivity contribution is 0.131. The quantitative estimate of drug-likeness (QED) is 0.609. The Balaban J connectivity index is 1.47.